The van der Waals surface area contributed by atoms with E-state index in [1.807, 2.05) is 11.9 Å². The van der Waals surface area contributed by atoms with Gasteiger partial charge >= 0.3 is 0 Å². The second-order valence-corrected chi connectivity index (χ2v) is 6.42. The van der Waals surface area contributed by atoms with Crippen LogP contribution in [-0.4, -0.2) is 44.1 Å². The fraction of sp³-hybridized carbons (Fsp3) is 0.562. The van der Waals surface area contributed by atoms with Gasteiger partial charge in [-0.2, -0.15) is 0 Å². The summed E-state index contributed by atoms with van der Waals surface area (Å²) in [6.45, 7) is 3.18. The van der Waals surface area contributed by atoms with Crippen LogP contribution < -0.4 is 10.1 Å². The van der Waals surface area contributed by atoms with Crippen molar-refractivity contribution in [2.75, 3.05) is 33.3 Å². The van der Waals surface area contributed by atoms with Crippen molar-refractivity contribution in [3.05, 3.63) is 28.2 Å². The lowest BCUT2D eigenvalue weighted by molar-refractivity contribution is -0.130. The number of hydrogen-bond acceptors (Lipinski definition) is 3. The van der Waals surface area contributed by atoms with Crippen molar-refractivity contribution in [3.63, 3.8) is 0 Å². The van der Waals surface area contributed by atoms with Crippen LogP contribution in [0.4, 0.5) is 0 Å². The molecule has 1 fully saturated rings. The number of hydrogen-bond donors (Lipinski definition) is 1. The van der Waals surface area contributed by atoms with Gasteiger partial charge in [0.25, 0.3) is 0 Å². The molecule has 1 aliphatic heterocycles. The van der Waals surface area contributed by atoms with E-state index in [0.29, 0.717) is 41.2 Å². The molecule has 0 aliphatic carbocycles. The Bertz CT molecular complexity index is 514. The monoisotopic (exact) mass is 380 g/mol. The van der Waals surface area contributed by atoms with Crippen LogP contribution in [0.3, 0.4) is 0 Å². The van der Waals surface area contributed by atoms with E-state index < -0.39 is 0 Å². The Morgan fingerprint density at radius 2 is 2.22 bits per heavy atom. The molecule has 0 spiro atoms. The van der Waals surface area contributed by atoms with Crippen LogP contribution in [0.15, 0.2) is 18.2 Å². The van der Waals surface area contributed by atoms with Gasteiger partial charge in [-0.15, -0.1) is 12.4 Å². The Hall–Kier alpha value is -0.680. The van der Waals surface area contributed by atoms with Crippen molar-refractivity contribution < 1.29 is 9.53 Å². The highest BCUT2D eigenvalue weighted by molar-refractivity contribution is 6.35. The molecule has 23 heavy (non-hydrogen) atoms. The summed E-state index contributed by atoms with van der Waals surface area (Å²) >= 11 is 11.9. The van der Waals surface area contributed by atoms with Gasteiger partial charge in [0.05, 0.1) is 11.6 Å². The van der Waals surface area contributed by atoms with Crippen LogP contribution in [0.1, 0.15) is 19.3 Å². The topological polar surface area (TPSA) is 41.6 Å². The molecule has 1 unspecified atom stereocenters. The van der Waals surface area contributed by atoms with E-state index in [0.717, 1.165) is 26.1 Å². The minimum Gasteiger partial charge on any atom is -0.492 e. The Kier molecular flexibility index (Phi) is 9.07. The van der Waals surface area contributed by atoms with Crippen molar-refractivity contribution in [1.29, 1.82) is 0 Å². The summed E-state index contributed by atoms with van der Waals surface area (Å²) in [4.78, 5) is 14.1. The average molecular weight is 382 g/mol. The molecule has 0 radical (unpaired) electrons. The highest BCUT2D eigenvalue weighted by atomic mass is 35.5. The van der Waals surface area contributed by atoms with Crippen LogP contribution in [0.25, 0.3) is 0 Å². The number of amides is 1. The number of rotatable bonds is 7. The summed E-state index contributed by atoms with van der Waals surface area (Å²) in [7, 11) is 1.95. The van der Waals surface area contributed by atoms with Crippen LogP contribution >= 0.6 is 35.6 Å². The van der Waals surface area contributed by atoms with Gasteiger partial charge in [-0.05, 0) is 50.6 Å². The van der Waals surface area contributed by atoms with Gasteiger partial charge in [0, 0.05) is 24.5 Å². The smallest absolute Gasteiger partial charge is 0.222 e. The number of nitrogens with zero attached hydrogens (tertiary/aromatic N) is 1. The molecule has 2 rings (SSSR count). The molecule has 130 valence electrons. The predicted molar refractivity (Wildman–Crippen MR) is 97.1 cm³/mol. The standard InChI is InChI=1S/C16H22Cl2N2O2.ClH/c1-19-10-12-6-7-20(11-12)16(21)3-2-8-22-15-5-4-13(17)9-14(15)18;/h4-5,9,12,19H,2-3,6-8,10-11H2,1H3;1H. The van der Waals surface area contributed by atoms with Crippen LogP contribution in [0.2, 0.25) is 10.0 Å². The van der Waals surface area contributed by atoms with Gasteiger partial charge in [0.15, 0.2) is 0 Å². The SMILES string of the molecule is CNCC1CCN(C(=O)CCCOc2ccc(Cl)cc2Cl)C1.Cl. The number of ether oxygens (including phenoxy) is 1. The van der Waals surface area contributed by atoms with Gasteiger partial charge < -0.3 is 15.0 Å². The first kappa shape index (κ1) is 20.4. The number of benzene rings is 1. The van der Waals surface area contributed by atoms with Crippen molar-refractivity contribution in [3.8, 4) is 5.75 Å². The lowest BCUT2D eigenvalue weighted by atomic mass is 10.1. The van der Waals surface area contributed by atoms with Crippen molar-refractivity contribution in [2.45, 2.75) is 19.3 Å². The van der Waals surface area contributed by atoms with E-state index in [1.165, 1.54) is 0 Å². The van der Waals surface area contributed by atoms with Gasteiger partial charge in [-0.3, -0.25) is 4.79 Å². The van der Waals surface area contributed by atoms with Crippen LogP contribution in [0, 0.1) is 5.92 Å². The molecule has 0 saturated carbocycles. The Balaban J connectivity index is 0.00000264. The van der Waals surface area contributed by atoms with E-state index in [-0.39, 0.29) is 18.3 Å². The third-order valence-electron chi connectivity index (χ3n) is 3.82. The molecular weight excluding hydrogens is 359 g/mol. The number of carbonyl (C=O) groups excluding carboxylic acids is 1. The molecule has 1 amide bonds. The fourth-order valence-electron chi connectivity index (χ4n) is 2.67. The molecule has 0 aromatic heterocycles. The Morgan fingerprint density at radius 1 is 1.43 bits per heavy atom. The number of likely N-dealkylation sites (tertiary alicyclic amines) is 1. The van der Waals surface area contributed by atoms with E-state index in [9.17, 15) is 4.79 Å². The molecule has 0 bridgehead atoms. The van der Waals surface area contributed by atoms with Gasteiger partial charge in [0.2, 0.25) is 5.91 Å². The molecule has 1 aromatic rings. The van der Waals surface area contributed by atoms with E-state index >= 15 is 0 Å². The maximum Gasteiger partial charge on any atom is 0.222 e. The van der Waals surface area contributed by atoms with Crippen LogP contribution in [-0.2, 0) is 4.79 Å². The fourth-order valence-corrected chi connectivity index (χ4v) is 3.13. The highest BCUT2D eigenvalue weighted by Crippen LogP contribution is 2.27. The predicted octanol–water partition coefficient (Wildman–Crippen LogP) is 3.64. The summed E-state index contributed by atoms with van der Waals surface area (Å²) < 4.78 is 5.59. The maximum absolute atomic E-state index is 12.1. The average Bonchev–Trinajstić information content (AvgIpc) is 2.94. The summed E-state index contributed by atoms with van der Waals surface area (Å²) in [5.74, 6) is 1.40. The molecule has 1 saturated heterocycles. The van der Waals surface area contributed by atoms with Gasteiger partial charge in [-0.25, -0.2) is 0 Å². The summed E-state index contributed by atoms with van der Waals surface area (Å²) in [6.07, 6.45) is 2.28. The molecule has 1 aromatic carbocycles. The zero-order valence-corrected chi connectivity index (χ0v) is 15.5. The molecular formula is C16H23Cl3N2O2. The Labute approximate surface area is 153 Å². The minimum absolute atomic E-state index is 0. The first-order chi connectivity index (χ1) is 10.6. The number of carbonyl (C=O) groups is 1. The lowest BCUT2D eigenvalue weighted by Gasteiger charge is -2.16. The second-order valence-electron chi connectivity index (χ2n) is 5.58. The van der Waals surface area contributed by atoms with Crippen molar-refractivity contribution >= 4 is 41.5 Å². The zero-order valence-electron chi connectivity index (χ0n) is 13.2. The molecule has 1 aliphatic rings. The molecule has 1 atom stereocenters. The summed E-state index contributed by atoms with van der Waals surface area (Å²) in [6, 6.07) is 5.13. The number of nitrogens with one attached hydrogen (secondary N) is 1. The minimum atomic E-state index is 0. The molecule has 1 heterocycles. The lowest BCUT2D eigenvalue weighted by Crippen LogP contribution is -2.30. The highest BCUT2D eigenvalue weighted by Gasteiger charge is 2.25. The van der Waals surface area contributed by atoms with Crippen molar-refractivity contribution in [2.24, 2.45) is 5.92 Å². The third kappa shape index (κ3) is 6.38. The third-order valence-corrected chi connectivity index (χ3v) is 4.35. The molecule has 4 nitrogen and oxygen atoms in total. The first-order valence-electron chi connectivity index (χ1n) is 7.60. The van der Waals surface area contributed by atoms with E-state index in [1.54, 1.807) is 18.2 Å². The Morgan fingerprint density at radius 3 is 2.91 bits per heavy atom. The van der Waals surface area contributed by atoms with Gasteiger partial charge in [-0.1, -0.05) is 23.2 Å². The van der Waals surface area contributed by atoms with Gasteiger partial charge in [0.1, 0.15) is 5.75 Å². The molecule has 7 heteroatoms. The van der Waals surface area contributed by atoms with E-state index in [4.69, 9.17) is 27.9 Å². The number of halogens is 3. The first-order valence-corrected chi connectivity index (χ1v) is 8.36. The van der Waals surface area contributed by atoms with Crippen LogP contribution in [0.5, 0.6) is 5.75 Å². The summed E-state index contributed by atoms with van der Waals surface area (Å²) in [5, 5.41) is 4.24. The van der Waals surface area contributed by atoms with E-state index in [2.05, 4.69) is 5.32 Å². The van der Waals surface area contributed by atoms with Crippen molar-refractivity contribution in [1.82, 2.24) is 10.2 Å². The quantitative estimate of drug-likeness (QED) is 0.733. The maximum atomic E-state index is 12.1. The summed E-state index contributed by atoms with van der Waals surface area (Å²) in [5.41, 5.74) is 0. The second kappa shape index (κ2) is 10.2. The largest absolute Gasteiger partial charge is 0.492 e. The molecule has 1 N–H and O–H groups in total. The zero-order chi connectivity index (χ0) is 15.9. The normalized spacial score (nSPS) is 17.0.